The molecule has 2 N–H and O–H groups in total. The summed E-state index contributed by atoms with van der Waals surface area (Å²) in [4.78, 5) is 26.9. The summed E-state index contributed by atoms with van der Waals surface area (Å²) >= 11 is 0. The normalized spacial score (nSPS) is 14.3. The van der Waals surface area contributed by atoms with Crippen LogP contribution in [0.5, 0.6) is 0 Å². The van der Waals surface area contributed by atoms with E-state index in [9.17, 15) is 9.59 Å². The van der Waals surface area contributed by atoms with Gasteiger partial charge in [0.2, 0.25) is 0 Å². The average Bonchev–Trinajstić information content (AvgIpc) is 3.20. The van der Waals surface area contributed by atoms with Crippen molar-refractivity contribution in [1.29, 1.82) is 0 Å². The second kappa shape index (κ2) is 7.57. The Hall–Kier alpha value is -3.22. The molecule has 1 aromatic heterocycles. The van der Waals surface area contributed by atoms with Gasteiger partial charge in [-0.3, -0.25) is 9.59 Å². The number of carbonyl (C=O) groups is 2. The van der Waals surface area contributed by atoms with Crippen LogP contribution in [0.1, 0.15) is 45.5 Å². The van der Waals surface area contributed by atoms with Crippen LogP contribution in [0.25, 0.3) is 11.0 Å². The van der Waals surface area contributed by atoms with Crippen molar-refractivity contribution >= 4 is 22.8 Å². The Labute approximate surface area is 156 Å². The van der Waals surface area contributed by atoms with Crippen molar-refractivity contribution in [3.8, 4) is 0 Å². The van der Waals surface area contributed by atoms with Crippen molar-refractivity contribution in [3.05, 3.63) is 59.2 Å². The third-order valence-electron chi connectivity index (χ3n) is 4.85. The minimum Gasteiger partial charge on any atom is -0.348 e. The summed E-state index contributed by atoms with van der Waals surface area (Å²) in [5, 5.41) is 13.4. The summed E-state index contributed by atoms with van der Waals surface area (Å²) in [6, 6.07) is 12.6. The molecule has 0 spiro atoms. The van der Waals surface area contributed by atoms with Crippen LogP contribution in [0.4, 0.5) is 0 Å². The van der Waals surface area contributed by atoms with Gasteiger partial charge in [0, 0.05) is 30.8 Å². The number of rotatable bonds is 4. The minimum atomic E-state index is -0.187. The summed E-state index contributed by atoms with van der Waals surface area (Å²) in [7, 11) is 0. The molecule has 0 aliphatic carbocycles. The van der Waals surface area contributed by atoms with Gasteiger partial charge in [0.05, 0.1) is 0 Å². The van der Waals surface area contributed by atoms with E-state index in [-0.39, 0.29) is 11.8 Å². The molecule has 2 heterocycles. The van der Waals surface area contributed by atoms with E-state index in [1.807, 2.05) is 29.2 Å². The van der Waals surface area contributed by atoms with E-state index in [1.165, 1.54) is 6.42 Å². The average molecular weight is 363 g/mol. The Balaban J connectivity index is 1.41. The first-order valence-electron chi connectivity index (χ1n) is 9.18. The number of piperidine rings is 1. The first kappa shape index (κ1) is 17.2. The molecular weight excluding hydrogens is 342 g/mol. The Bertz CT molecular complexity index is 975. The van der Waals surface area contributed by atoms with Crippen LogP contribution < -0.4 is 5.32 Å². The van der Waals surface area contributed by atoms with Crippen molar-refractivity contribution in [2.24, 2.45) is 0 Å². The summed E-state index contributed by atoms with van der Waals surface area (Å²) < 4.78 is 0. The number of aromatic amines is 1. The maximum Gasteiger partial charge on any atom is 0.253 e. The topological polar surface area (TPSA) is 91.0 Å². The number of aromatic nitrogens is 3. The fourth-order valence-corrected chi connectivity index (χ4v) is 3.36. The van der Waals surface area contributed by atoms with Gasteiger partial charge in [0.25, 0.3) is 11.8 Å². The van der Waals surface area contributed by atoms with Gasteiger partial charge < -0.3 is 10.2 Å². The summed E-state index contributed by atoms with van der Waals surface area (Å²) in [5.41, 5.74) is 3.46. The standard InChI is InChI=1S/C20H21N5O2/c26-19(15-7-8-17-18(12-15)23-24-22-17)21-13-14-5-4-6-16(11-14)20(27)25-9-2-1-3-10-25/h4-8,11-12H,1-3,9-10,13H2,(H,21,26)(H,22,23,24). The van der Waals surface area contributed by atoms with Gasteiger partial charge in [0.15, 0.2) is 0 Å². The maximum atomic E-state index is 12.6. The molecule has 7 heteroatoms. The van der Waals surface area contributed by atoms with Gasteiger partial charge in [-0.25, -0.2) is 0 Å². The van der Waals surface area contributed by atoms with Crippen molar-refractivity contribution in [1.82, 2.24) is 25.6 Å². The maximum absolute atomic E-state index is 12.6. The summed E-state index contributed by atoms with van der Waals surface area (Å²) in [6.45, 7) is 2.01. The Morgan fingerprint density at radius 3 is 2.63 bits per heavy atom. The van der Waals surface area contributed by atoms with Crippen LogP contribution in [0, 0.1) is 0 Å². The zero-order valence-corrected chi connectivity index (χ0v) is 14.9. The smallest absolute Gasteiger partial charge is 0.253 e. The van der Waals surface area contributed by atoms with Crippen molar-refractivity contribution in [2.75, 3.05) is 13.1 Å². The van der Waals surface area contributed by atoms with Crippen LogP contribution in [0.15, 0.2) is 42.5 Å². The predicted octanol–water partition coefficient (Wildman–Crippen LogP) is 2.51. The quantitative estimate of drug-likeness (QED) is 0.745. The Morgan fingerprint density at radius 2 is 1.78 bits per heavy atom. The number of H-pyrrole nitrogens is 1. The molecule has 1 aliphatic rings. The number of hydrogen-bond acceptors (Lipinski definition) is 4. The highest BCUT2D eigenvalue weighted by Crippen LogP contribution is 2.15. The van der Waals surface area contributed by atoms with Gasteiger partial charge in [-0.15, -0.1) is 0 Å². The van der Waals surface area contributed by atoms with Gasteiger partial charge in [-0.2, -0.15) is 15.4 Å². The second-order valence-corrected chi connectivity index (χ2v) is 6.76. The van der Waals surface area contributed by atoms with Crippen LogP contribution in [-0.2, 0) is 6.54 Å². The Morgan fingerprint density at radius 1 is 0.963 bits per heavy atom. The molecule has 27 heavy (non-hydrogen) atoms. The SMILES string of the molecule is O=C(NCc1cccc(C(=O)N2CCCCC2)c1)c1ccc2n[nH]nc2c1. The van der Waals surface area contributed by atoms with Crippen molar-refractivity contribution < 1.29 is 9.59 Å². The molecule has 3 aromatic rings. The van der Waals surface area contributed by atoms with Crippen LogP contribution in [-0.4, -0.2) is 45.2 Å². The van der Waals surface area contributed by atoms with E-state index in [4.69, 9.17) is 0 Å². The lowest BCUT2D eigenvalue weighted by Crippen LogP contribution is -2.35. The third-order valence-corrected chi connectivity index (χ3v) is 4.85. The second-order valence-electron chi connectivity index (χ2n) is 6.76. The zero-order chi connectivity index (χ0) is 18.6. The van der Waals surface area contributed by atoms with E-state index in [2.05, 4.69) is 20.7 Å². The predicted molar refractivity (Wildman–Crippen MR) is 101 cm³/mol. The third kappa shape index (κ3) is 3.81. The van der Waals surface area contributed by atoms with Gasteiger partial charge in [-0.05, 0) is 55.2 Å². The Kier molecular flexibility index (Phi) is 4.82. The summed E-state index contributed by atoms with van der Waals surface area (Å²) in [5.74, 6) is -0.118. The van der Waals surface area contributed by atoms with E-state index in [0.29, 0.717) is 23.2 Å². The van der Waals surface area contributed by atoms with E-state index in [0.717, 1.165) is 37.0 Å². The van der Waals surface area contributed by atoms with E-state index < -0.39 is 0 Å². The number of nitrogens with zero attached hydrogens (tertiary/aromatic N) is 3. The molecule has 2 amide bonds. The number of amides is 2. The van der Waals surface area contributed by atoms with Crippen LogP contribution in [0.2, 0.25) is 0 Å². The lowest BCUT2D eigenvalue weighted by Gasteiger charge is -2.26. The molecule has 4 rings (SSSR count). The number of nitrogens with one attached hydrogen (secondary N) is 2. The van der Waals surface area contributed by atoms with Gasteiger partial charge in [0.1, 0.15) is 11.0 Å². The number of carbonyl (C=O) groups excluding carboxylic acids is 2. The first-order chi connectivity index (χ1) is 13.2. The van der Waals surface area contributed by atoms with Crippen LogP contribution in [0.3, 0.4) is 0 Å². The first-order valence-corrected chi connectivity index (χ1v) is 9.18. The molecular formula is C20H21N5O2. The fourth-order valence-electron chi connectivity index (χ4n) is 3.36. The summed E-state index contributed by atoms with van der Waals surface area (Å²) in [6.07, 6.45) is 3.32. The molecule has 7 nitrogen and oxygen atoms in total. The molecule has 0 radical (unpaired) electrons. The lowest BCUT2D eigenvalue weighted by atomic mass is 10.1. The van der Waals surface area contributed by atoms with Crippen LogP contribution >= 0.6 is 0 Å². The fraction of sp³-hybridized carbons (Fsp3) is 0.300. The molecule has 0 atom stereocenters. The lowest BCUT2D eigenvalue weighted by molar-refractivity contribution is 0.0724. The van der Waals surface area contributed by atoms with E-state index in [1.54, 1.807) is 18.2 Å². The molecule has 1 aliphatic heterocycles. The van der Waals surface area contributed by atoms with Crippen molar-refractivity contribution in [3.63, 3.8) is 0 Å². The van der Waals surface area contributed by atoms with Crippen molar-refractivity contribution in [2.45, 2.75) is 25.8 Å². The molecule has 0 unspecified atom stereocenters. The van der Waals surface area contributed by atoms with Gasteiger partial charge in [-0.1, -0.05) is 12.1 Å². The molecule has 2 aromatic carbocycles. The number of likely N-dealkylation sites (tertiary alicyclic amines) is 1. The molecule has 0 bridgehead atoms. The van der Waals surface area contributed by atoms with Gasteiger partial charge >= 0.3 is 0 Å². The van der Waals surface area contributed by atoms with E-state index >= 15 is 0 Å². The number of fused-ring (bicyclic) bond motifs is 1. The monoisotopic (exact) mass is 363 g/mol. The highest BCUT2D eigenvalue weighted by Gasteiger charge is 2.18. The number of benzene rings is 2. The zero-order valence-electron chi connectivity index (χ0n) is 14.9. The molecule has 0 saturated carbocycles. The molecule has 1 fully saturated rings. The molecule has 138 valence electrons. The highest BCUT2D eigenvalue weighted by molar-refractivity contribution is 5.97. The highest BCUT2D eigenvalue weighted by atomic mass is 16.2. The number of hydrogen-bond donors (Lipinski definition) is 2. The molecule has 1 saturated heterocycles. The largest absolute Gasteiger partial charge is 0.348 e. The minimum absolute atomic E-state index is 0.0689.